The van der Waals surface area contributed by atoms with E-state index >= 15 is 0 Å². The zero-order valence-electron chi connectivity index (χ0n) is 10.9. The van der Waals surface area contributed by atoms with Crippen molar-refractivity contribution < 1.29 is 22.0 Å². The van der Waals surface area contributed by atoms with Gasteiger partial charge in [-0.15, -0.1) is 0 Å². The molecule has 2 heterocycles. The molecule has 108 valence electrons. The van der Waals surface area contributed by atoms with Gasteiger partial charge >= 0.3 is 0 Å². The van der Waals surface area contributed by atoms with Crippen molar-refractivity contribution in [2.45, 2.75) is 30.9 Å². The van der Waals surface area contributed by atoms with Gasteiger partial charge in [0.1, 0.15) is 5.76 Å². The van der Waals surface area contributed by atoms with E-state index in [0.717, 1.165) is 5.76 Å². The molecule has 2 aromatic heterocycles. The second kappa shape index (κ2) is 6.06. The topological polar surface area (TPSA) is 89.5 Å². The van der Waals surface area contributed by atoms with Crippen LogP contribution in [-0.2, 0) is 16.4 Å². The molecule has 20 heavy (non-hydrogen) atoms. The van der Waals surface area contributed by atoms with Crippen LogP contribution in [0.25, 0.3) is 0 Å². The Morgan fingerprint density at radius 3 is 2.75 bits per heavy atom. The molecule has 0 saturated carbocycles. The second-order valence-electron chi connectivity index (χ2n) is 4.42. The Morgan fingerprint density at radius 2 is 2.15 bits per heavy atom. The highest BCUT2D eigenvalue weighted by Gasteiger charge is 2.21. The highest BCUT2D eigenvalue weighted by Crippen LogP contribution is 2.14. The number of carbonyl (C=O) groups excluding carboxylic acids is 1. The molecule has 0 fully saturated rings. The summed E-state index contributed by atoms with van der Waals surface area (Å²) in [5, 5.41) is -0.260. The standard InChI is InChI=1S/C13H15NO5S/c1-10(4-5-11-3-2-8-18-11)14-20(16,17)13-7-6-12(9-15)19-13/h2-3,6-10,14H,4-5H2,1H3. The van der Waals surface area contributed by atoms with Crippen LogP contribution in [0.4, 0.5) is 0 Å². The summed E-state index contributed by atoms with van der Waals surface area (Å²) in [6.45, 7) is 1.75. The van der Waals surface area contributed by atoms with E-state index in [1.165, 1.54) is 12.1 Å². The molecular formula is C13H15NO5S. The van der Waals surface area contributed by atoms with Gasteiger partial charge in [0.2, 0.25) is 5.09 Å². The quantitative estimate of drug-likeness (QED) is 0.789. The highest BCUT2D eigenvalue weighted by molar-refractivity contribution is 7.89. The minimum Gasteiger partial charge on any atom is -0.469 e. The number of aryl methyl sites for hydroxylation is 1. The molecule has 0 saturated heterocycles. The lowest BCUT2D eigenvalue weighted by Crippen LogP contribution is -2.32. The summed E-state index contributed by atoms with van der Waals surface area (Å²) in [5.74, 6) is 0.783. The molecular weight excluding hydrogens is 282 g/mol. The van der Waals surface area contributed by atoms with Crippen molar-refractivity contribution >= 4 is 16.3 Å². The molecule has 0 amide bonds. The highest BCUT2D eigenvalue weighted by atomic mass is 32.2. The van der Waals surface area contributed by atoms with E-state index in [9.17, 15) is 13.2 Å². The minimum atomic E-state index is -3.75. The first-order valence-electron chi connectivity index (χ1n) is 6.11. The summed E-state index contributed by atoms with van der Waals surface area (Å²) in [6, 6.07) is 5.91. The largest absolute Gasteiger partial charge is 0.469 e. The van der Waals surface area contributed by atoms with Crippen LogP contribution >= 0.6 is 0 Å². The van der Waals surface area contributed by atoms with Gasteiger partial charge in [0, 0.05) is 12.5 Å². The molecule has 7 heteroatoms. The fourth-order valence-corrected chi connectivity index (χ4v) is 2.95. The number of furan rings is 2. The molecule has 6 nitrogen and oxygen atoms in total. The molecule has 0 aromatic carbocycles. The van der Waals surface area contributed by atoms with Crippen LogP contribution in [0.1, 0.15) is 29.7 Å². The number of carbonyl (C=O) groups is 1. The normalized spacial score (nSPS) is 13.2. The van der Waals surface area contributed by atoms with E-state index in [2.05, 4.69) is 4.72 Å². The summed E-state index contributed by atoms with van der Waals surface area (Å²) >= 11 is 0. The third kappa shape index (κ3) is 3.58. The summed E-state index contributed by atoms with van der Waals surface area (Å²) in [5.41, 5.74) is 0. The van der Waals surface area contributed by atoms with Crippen molar-refractivity contribution in [2.24, 2.45) is 0 Å². The first-order chi connectivity index (χ1) is 9.51. The van der Waals surface area contributed by atoms with Crippen molar-refractivity contribution in [3.8, 4) is 0 Å². The van der Waals surface area contributed by atoms with Crippen LogP contribution in [0.5, 0.6) is 0 Å². The molecule has 0 spiro atoms. The maximum absolute atomic E-state index is 12.0. The number of sulfonamides is 1. The minimum absolute atomic E-state index is 0.0198. The van der Waals surface area contributed by atoms with Crippen molar-refractivity contribution in [3.63, 3.8) is 0 Å². The third-order valence-corrected chi connectivity index (χ3v) is 4.21. The Morgan fingerprint density at radius 1 is 1.35 bits per heavy atom. The second-order valence-corrected chi connectivity index (χ2v) is 6.06. The molecule has 0 aliphatic rings. The maximum atomic E-state index is 12.0. The SMILES string of the molecule is CC(CCc1ccco1)NS(=O)(=O)c1ccc(C=O)o1. The van der Waals surface area contributed by atoms with Crippen LogP contribution in [0, 0.1) is 0 Å². The van der Waals surface area contributed by atoms with E-state index < -0.39 is 10.0 Å². The Bertz CT molecular complexity index is 657. The van der Waals surface area contributed by atoms with Crippen molar-refractivity contribution in [3.05, 3.63) is 42.0 Å². The Hall–Kier alpha value is -1.86. The zero-order valence-corrected chi connectivity index (χ0v) is 11.7. The number of aldehydes is 1. The van der Waals surface area contributed by atoms with E-state index in [1.807, 2.05) is 6.07 Å². The lowest BCUT2D eigenvalue weighted by atomic mass is 10.2. The fourth-order valence-electron chi connectivity index (χ4n) is 1.74. The summed E-state index contributed by atoms with van der Waals surface area (Å²) in [4.78, 5) is 10.5. The monoisotopic (exact) mass is 297 g/mol. The van der Waals surface area contributed by atoms with Gasteiger partial charge in [0.05, 0.1) is 6.26 Å². The van der Waals surface area contributed by atoms with Gasteiger partial charge in [-0.1, -0.05) is 0 Å². The van der Waals surface area contributed by atoms with Crippen molar-refractivity contribution in [2.75, 3.05) is 0 Å². The van der Waals surface area contributed by atoms with Crippen LogP contribution in [0.2, 0.25) is 0 Å². The number of hydrogen-bond donors (Lipinski definition) is 1. The predicted octanol–water partition coefficient (Wildman–Crippen LogP) is 1.98. The van der Waals surface area contributed by atoms with E-state index in [4.69, 9.17) is 8.83 Å². The van der Waals surface area contributed by atoms with Crippen LogP contribution in [0.15, 0.2) is 44.5 Å². The molecule has 0 aliphatic carbocycles. The fraction of sp³-hybridized carbons (Fsp3) is 0.308. The van der Waals surface area contributed by atoms with E-state index in [0.29, 0.717) is 19.1 Å². The van der Waals surface area contributed by atoms with Gasteiger partial charge in [-0.2, -0.15) is 0 Å². The Balaban J connectivity index is 1.95. The van der Waals surface area contributed by atoms with Crippen LogP contribution < -0.4 is 4.72 Å². The summed E-state index contributed by atoms with van der Waals surface area (Å²) in [7, 11) is -3.75. The van der Waals surface area contributed by atoms with Crippen molar-refractivity contribution in [1.82, 2.24) is 4.72 Å². The molecule has 1 atom stereocenters. The number of nitrogens with one attached hydrogen (secondary N) is 1. The Kier molecular flexibility index (Phi) is 4.41. The third-order valence-electron chi connectivity index (χ3n) is 2.74. The molecule has 2 aromatic rings. The lowest BCUT2D eigenvalue weighted by molar-refractivity contribution is 0.109. The summed E-state index contributed by atoms with van der Waals surface area (Å²) < 4.78 is 36.6. The summed E-state index contributed by atoms with van der Waals surface area (Å²) in [6.07, 6.45) is 3.26. The smallest absolute Gasteiger partial charge is 0.274 e. The van der Waals surface area contributed by atoms with E-state index in [-0.39, 0.29) is 16.9 Å². The van der Waals surface area contributed by atoms with E-state index in [1.54, 1.807) is 19.3 Å². The Labute approximate surface area is 116 Å². The van der Waals surface area contributed by atoms with Gasteiger partial charge in [-0.05, 0) is 37.6 Å². The molecule has 1 N–H and O–H groups in total. The van der Waals surface area contributed by atoms with Gasteiger partial charge in [-0.3, -0.25) is 4.79 Å². The lowest BCUT2D eigenvalue weighted by Gasteiger charge is -2.11. The zero-order chi connectivity index (χ0) is 14.6. The van der Waals surface area contributed by atoms with Crippen LogP contribution in [0.3, 0.4) is 0 Å². The molecule has 0 bridgehead atoms. The molecule has 0 radical (unpaired) electrons. The first-order valence-corrected chi connectivity index (χ1v) is 7.59. The van der Waals surface area contributed by atoms with Crippen molar-refractivity contribution in [1.29, 1.82) is 0 Å². The average Bonchev–Trinajstić information content (AvgIpc) is 3.07. The molecule has 0 aliphatic heterocycles. The van der Waals surface area contributed by atoms with Gasteiger partial charge < -0.3 is 8.83 Å². The predicted molar refractivity (Wildman–Crippen MR) is 70.9 cm³/mol. The van der Waals surface area contributed by atoms with Gasteiger partial charge in [0.15, 0.2) is 12.0 Å². The number of rotatable bonds is 7. The van der Waals surface area contributed by atoms with Crippen LogP contribution in [-0.4, -0.2) is 20.7 Å². The average molecular weight is 297 g/mol. The number of hydrogen-bond acceptors (Lipinski definition) is 5. The molecule has 2 rings (SSSR count). The van der Waals surface area contributed by atoms with Gasteiger partial charge in [0.25, 0.3) is 10.0 Å². The maximum Gasteiger partial charge on any atom is 0.274 e. The first kappa shape index (κ1) is 14.5. The molecule has 1 unspecified atom stereocenters. The van der Waals surface area contributed by atoms with Gasteiger partial charge in [-0.25, -0.2) is 13.1 Å².